The first-order valence-electron chi connectivity index (χ1n) is 14.5. The van der Waals surface area contributed by atoms with Crippen molar-refractivity contribution in [3.63, 3.8) is 0 Å². The summed E-state index contributed by atoms with van der Waals surface area (Å²) in [5, 5.41) is 3.39. The number of nitrogens with one attached hydrogen (secondary N) is 1. The zero-order valence-corrected chi connectivity index (χ0v) is 24.5. The first-order valence-corrected chi connectivity index (χ1v) is 14.9. The minimum Gasteiger partial charge on any atom is -0.360 e. The van der Waals surface area contributed by atoms with Crippen molar-refractivity contribution in [1.82, 2.24) is 5.32 Å². The van der Waals surface area contributed by atoms with Gasteiger partial charge in [0.05, 0.1) is 17.2 Å². The van der Waals surface area contributed by atoms with Crippen molar-refractivity contribution in [3.05, 3.63) is 173 Å². The third-order valence-corrected chi connectivity index (χ3v) is 9.27. The van der Waals surface area contributed by atoms with Crippen LogP contribution in [0.3, 0.4) is 0 Å². The number of carbonyl (C=O) groups is 3. The van der Waals surface area contributed by atoms with Gasteiger partial charge in [-0.05, 0) is 17.2 Å². The molecule has 0 radical (unpaired) electrons. The molecule has 1 amide bonds. The molecule has 5 nitrogen and oxygen atoms in total. The molecule has 5 aromatic carbocycles. The number of carbonyl (C=O) groups excluding carboxylic acids is 3. The molecule has 214 valence electrons. The van der Waals surface area contributed by atoms with E-state index in [4.69, 9.17) is 12.2 Å². The summed E-state index contributed by atoms with van der Waals surface area (Å²) >= 11 is 6.12. The number of para-hydroxylation sites is 1. The van der Waals surface area contributed by atoms with Crippen LogP contribution >= 0.6 is 12.2 Å². The van der Waals surface area contributed by atoms with E-state index in [1.807, 2.05) is 97.1 Å². The highest BCUT2D eigenvalue weighted by Gasteiger charge is 2.73. The molecule has 1 N–H and O–H groups in total. The number of benzene rings is 5. The lowest BCUT2D eigenvalue weighted by atomic mass is 9.59. The highest BCUT2D eigenvalue weighted by atomic mass is 32.1. The molecule has 0 aliphatic carbocycles. The fraction of sp³-hybridized carbons (Fsp3) is 0.105. The van der Waals surface area contributed by atoms with Gasteiger partial charge >= 0.3 is 0 Å². The molecule has 2 unspecified atom stereocenters. The summed E-state index contributed by atoms with van der Waals surface area (Å²) in [4.78, 5) is 47.0. The van der Waals surface area contributed by atoms with E-state index >= 15 is 14.4 Å². The van der Waals surface area contributed by atoms with E-state index in [0.29, 0.717) is 34.5 Å². The van der Waals surface area contributed by atoms with E-state index < -0.39 is 28.4 Å². The second kappa shape index (κ2) is 10.8. The molecule has 0 saturated carbocycles. The standard InChI is InChI=1S/C38H28N2O3S/c41-33(28-19-9-3-10-20-28)37(34(42)29-21-11-4-12-22-29)32(27-17-7-2-8-18-27)38(39-35(37)44)30-23-13-14-24-31(30)40(36(38)43)25-26-15-5-1-6-16-26/h1-24,32H,25H2,(H,39,44). The number of thiocarbonyl (C=S) groups is 1. The van der Waals surface area contributed by atoms with Crippen molar-refractivity contribution in [1.29, 1.82) is 0 Å². The maximum atomic E-state index is 15.1. The van der Waals surface area contributed by atoms with Crippen LogP contribution in [0.2, 0.25) is 0 Å². The Balaban J connectivity index is 1.53. The van der Waals surface area contributed by atoms with Gasteiger partial charge in [0, 0.05) is 22.6 Å². The van der Waals surface area contributed by atoms with Crippen molar-refractivity contribution in [2.45, 2.75) is 18.0 Å². The fourth-order valence-corrected chi connectivity index (χ4v) is 7.42. The number of fused-ring (bicyclic) bond motifs is 2. The third kappa shape index (κ3) is 3.98. The van der Waals surface area contributed by atoms with E-state index in [1.165, 1.54) is 0 Å². The maximum absolute atomic E-state index is 15.1. The molecule has 0 aromatic heterocycles. The second-order valence-corrected chi connectivity index (χ2v) is 11.6. The maximum Gasteiger partial charge on any atom is 0.258 e. The van der Waals surface area contributed by atoms with Gasteiger partial charge in [-0.25, -0.2) is 0 Å². The van der Waals surface area contributed by atoms with Crippen LogP contribution in [0.15, 0.2) is 146 Å². The van der Waals surface area contributed by atoms with Crippen LogP contribution in [-0.2, 0) is 16.9 Å². The number of hydrogen-bond donors (Lipinski definition) is 1. The lowest BCUT2D eigenvalue weighted by Gasteiger charge is -2.37. The molecule has 2 atom stereocenters. The molecule has 5 aromatic rings. The summed E-state index contributed by atoms with van der Waals surface area (Å²) in [6, 6.07) is 44.2. The van der Waals surface area contributed by atoms with Gasteiger partial charge in [-0.2, -0.15) is 0 Å². The van der Waals surface area contributed by atoms with Crippen LogP contribution in [0.1, 0.15) is 43.3 Å². The molecule has 1 fully saturated rings. The van der Waals surface area contributed by atoms with E-state index in [-0.39, 0.29) is 10.9 Å². The number of anilines is 1. The van der Waals surface area contributed by atoms with Crippen molar-refractivity contribution in [2.75, 3.05) is 4.90 Å². The SMILES string of the molecule is O=C(c1ccccc1)C1(C(=O)c2ccccc2)C(=S)NC2(C(=O)N(Cc3ccccc3)c3ccccc32)C1c1ccccc1. The average molecular weight is 593 g/mol. The van der Waals surface area contributed by atoms with Gasteiger partial charge in [-0.3, -0.25) is 14.4 Å². The molecule has 2 heterocycles. The number of Topliss-reactive ketones (excluding diaryl/α,β-unsaturated/α-hetero) is 2. The topological polar surface area (TPSA) is 66.5 Å². The summed E-state index contributed by atoms with van der Waals surface area (Å²) in [6.45, 7) is 0.320. The Morgan fingerprint density at radius 1 is 0.659 bits per heavy atom. The molecule has 7 rings (SSSR count). The molecule has 0 bridgehead atoms. The zero-order valence-electron chi connectivity index (χ0n) is 23.7. The first-order chi connectivity index (χ1) is 21.5. The number of rotatable bonds is 7. The van der Waals surface area contributed by atoms with E-state index in [9.17, 15) is 0 Å². The molecular weight excluding hydrogens is 564 g/mol. The third-order valence-electron chi connectivity index (χ3n) is 8.84. The highest BCUT2D eigenvalue weighted by Crippen LogP contribution is 2.61. The molecule has 6 heteroatoms. The monoisotopic (exact) mass is 592 g/mol. The van der Waals surface area contributed by atoms with Crippen molar-refractivity contribution in [2.24, 2.45) is 5.41 Å². The Hall–Kier alpha value is -5.20. The Labute approximate surface area is 261 Å². The molecule has 44 heavy (non-hydrogen) atoms. The van der Waals surface area contributed by atoms with Crippen LogP contribution in [0, 0.1) is 5.41 Å². The quantitative estimate of drug-likeness (QED) is 0.127. The van der Waals surface area contributed by atoms with Crippen LogP contribution in [0.4, 0.5) is 5.69 Å². The first kappa shape index (κ1) is 27.6. The van der Waals surface area contributed by atoms with Crippen LogP contribution in [0.25, 0.3) is 0 Å². The van der Waals surface area contributed by atoms with Crippen molar-refractivity contribution in [3.8, 4) is 0 Å². The molecule has 2 aliphatic heterocycles. The second-order valence-electron chi connectivity index (χ2n) is 11.2. The number of amides is 1. The van der Waals surface area contributed by atoms with Gasteiger partial charge in [0.15, 0.2) is 22.5 Å². The van der Waals surface area contributed by atoms with Crippen molar-refractivity contribution < 1.29 is 14.4 Å². The van der Waals surface area contributed by atoms with E-state index in [1.54, 1.807) is 53.4 Å². The van der Waals surface area contributed by atoms with Gasteiger partial charge in [-0.1, -0.05) is 152 Å². The van der Waals surface area contributed by atoms with Gasteiger partial charge in [0.2, 0.25) is 0 Å². The molecule has 2 aliphatic rings. The lowest BCUT2D eigenvalue weighted by Crippen LogP contribution is -2.52. The number of nitrogens with zero attached hydrogens (tertiary/aromatic N) is 1. The Morgan fingerprint density at radius 3 is 1.70 bits per heavy atom. The van der Waals surface area contributed by atoms with Crippen LogP contribution < -0.4 is 10.2 Å². The summed E-state index contributed by atoms with van der Waals surface area (Å²) < 4.78 is 0. The normalized spacial score (nSPS) is 19.9. The van der Waals surface area contributed by atoms with E-state index in [0.717, 1.165) is 5.56 Å². The molecule has 1 saturated heterocycles. The minimum atomic E-state index is -1.91. The Morgan fingerprint density at radius 2 is 1.14 bits per heavy atom. The predicted molar refractivity (Wildman–Crippen MR) is 175 cm³/mol. The molecular formula is C38H28N2O3S. The van der Waals surface area contributed by atoms with E-state index in [2.05, 4.69) is 5.32 Å². The minimum absolute atomic E-state index is 0.0405. The average Bonchev–Trinajstić information content (AvgIpc) is 3.49. The largest absolute Gasteiger partial charge is 0.360 e. The highest BCUT2D eigenvalue weighted by molar-refractivity contribution is 7.80. The van der Waals surface area contributed by atoms with Gasteiger partial charge in [0.1, 0.15) is 0 Å². The van der Waals surface area contributed by atoms with Gasteiger partial charge in [0.25, 0.3) is 5.91 Å². The van der Waals surface area contributed by atoms with Crippen LogP contribution in [-0.4, -0.2) is 22.5 Å². The zero-order chi connectivity index (χ0) is 30.3. The van der Waals surface area contributed by atoms with Crippen molar-refractivity contribution >= 4 is 40.4 Å². The fourth-order valence-electron chi connectivity index (χ4n) is 6.96. The lowest BCUT2D eigenvalue weighted by molar-refractivity contribution is -0.124. The summed E-state index contributed by atoms with van der Waals surface area (Å²) in [7, 11) is 0. The number of hydrogen-bond acceptors (Lipinski definition) is 4. The van der Waals surface area contributed by atoms with Gasteiger partial charge < -0.3 is 10.2 Å². The summed E-state index contributed by atoms with van der Waals surface area (Å²) in [5.41, 5.74) is 0.282. The van der Waals surface area contributed by atoms with Gasteiger partial charge in [-0.15, -0.1) is 0 Å². The smallest absolute Gasteiger partial charge is 0.258 e. The predicted octanol–water partition coefficient (Wildman–Crippen LogP) is 6.90. The Bertz CT molecular complexity index is 1840. The Kier molecular flexibility index (Phi) is 6.79. The number of ketones is 2. The van der Waals surface area contributed by atoms with Crippen LogP contribution in [0.5, 0.6) is 0 Å². The summed E-state index contributed by atoms with van der Waals surface area (Å²) in [6.07, 6.45) is 0. The summed E-state index contributed by atoms with van der Waals surface area (Å²) in [5.74, 6) is -2.13. The molecule has 1 spiro atoms.